The van der Waals surface area contributed by atoms with Crippen LogP contribution in [-0.4, -0.2) is 51.2 Å². The van der Waals surface area contributed by atoms with Crippen molar-refractivity contribution in [3.8, 4) is 0 Å². The Bertz CT molecular complexity index is 376. The molecule has 7 heteroatoms. The number of nitrogens with two attached hydrogens (primary N) is 1. The molecule has 0 bridgehead atoms. The van der Waals surface area contributed by atoms with E-state index in [0.29, 0.717) is 5.92 Å². The number of amides is 1. The zero-order valence-corrected chi connectivity index (χ0v) is 11.3. The number of hydrogen-bond donors (Lipinski definition) is 2. The molecule has 1 aliphatic rings. The average Bonchev–Trinajstić information content (AvgIpc) is 3.07. The molecule has 100 valence electrons. The van der Waals surface area contributed by atoms with Crippen LogP contribution >= 0.6 is 0 Å². The molecule has 0 aliphatic heterocycles. The van der Waals surface area contributed by atoms with Gasteiger partial charge in [0.2, 0.25) is 15.9 Å². The van der Waals surface area contributed by atoms with E-state index in [0.717, 1.165) is 12.8 Å². The van der Waals surface area contributed by atoms with Crippen molar-refractivity contribution in [2.24, 2.45) is 11.7 Å². The first kappa shape index (κ1) is 14.4. The van der Waals surface area contributed by atoms with Crippen LogP contribution in [0.3, 0.4) is 0 Å². The third-order valence-electron chi connectivity index (χ3n) is 3.00. The van der Waals surface area contributed by atoms with Crippen LogP contribution in [0.5, 0.6) is 0 Å². The fraction of sp³-hybridized carbons (Fsp3) is 0.900. The van der Waals surface area contributed by atoms with E-state index in [1.807, 2.05) is 0 Å². The van der Waals surface area contributed by atoms with Crippen LogP contribution in [0.15, 0.2) is 0 Å². The average molecular weight is 263 g/mol. The Morgan fingerprint density at radius 2 is 2.00 bits per heavy atom. The molecule has 2 atom stereocenters. The molecule has 3 N–H and O–H groups in total. The van der Waals surface area contributed by atoms with Gasteiger partial charge in [0.25, 0.3) is 0 Å². The van der Waals surface area contributed by atoms with Crippen LogP contribution < -0.4 is 10.5 Å². The summed E-state index contributed by atoms with van der Waals surface area (Å²) in [5, 5.41) is -1.08. The van der Waals surface area contributed by atoms with Crippen molar-refractivity contribution in [2.75, 3.05) is 20.6 Å². The lowest BCUT2D eigenvalue weighted by Crippen LogP contribution is -2.46. The molecule has 0 spiro atoms. The maximum atomic E-state index is 11.8. The Morgan fingerprint density at radius 1 is 1.47 bits per heavy atom. The molecule has 1 rings (SSSR count). The lowest BCUT2D eigenvalue weighted by Gasteiger charge is -2.19. The third kappa shape index (κ3) is 3.93. The maximum absolute atomic E-state index is 11.8. The van der Waals surface area contributed by atoms with Crippen molar-refractivity contribution >= 4 is 15.9 Å². The Balaban J connectivity index is 2.52. The molecular weight excluding hydrogens is 242 g/mol. The van der Waals surface area contributed by atoms with Gasteiger partial charge in [0.15, 0.2) is 5.25 Å². The van der Waals surface area contributed by atoms with E-state index in [4.69, 9.17) is 5.73 Å². The number of hydrogen-bond acceptors (Lipinski definition) is 4. The molecule has 17 heavy (non-hydrogen) atoms. The summed E-state index contributed by atoms with van der Waals surface area (Å²) in [6, 6.07) is -0.147. The van der Waals surface area contributed by atoms with E-state index in [1.54, 1.807) is 0 Å². The normalized spacial score (nSPS) is 19.8. The van der Waals surface area contributed by atoms with E-state index in [9.17, 15) is 13.2 Å². The molecule has 0 aromatic carbocycles. The standard InChI is InChI=1S/C10H21N3O3S/c1-7(10(14)13(2)3)17(15,16)12-6-9(11)8-4-5-8/h7-9,12H,4-6,11H2,1-3H3. The minimum Gasteiger partial charge on any atom is -0.348 e. The first-order valence-corrected chi connectivity index (χ1v) is 7.25. The van der Waals surface area contributed by atoms with Crippen molar-refractivity contribution in [1.82, 2.24) is 9.62 Å². The molecule has 1 aliphatic carbocycles. The van der Waals surface area contributed by atoms with E-state index in [2.05, 4.69) is 4.72 Å². The second kappa shape index (κ2) is 5.32. The van der Waals surface area contributed by atoms with Gasteiger partial charge in [-0.05, 0) is 25.7 Å². The monoisotopic (exact) mass is 263 g/mol. The first-order valence-electron chi connectivity index (χ1n) is 5.71. The van der Waals surface area contributed by atoms with Gasteiger partial charge in [-0.3, -0.25) is 4.79 Å². The van der Waals surface area contributed by atoms with Gasteiger partial charge in [-0.15, -0.1) is 0 Å². The van der Waals surface area contributed by atoms with Crippen LogP contribution in [0.2, 0.25) is 0 Å². The van der Waals surface area contributed by atoms with Gasteiger partial charge in [-0.2, -0.15) is 0 Å². The topological polar surface area (TPSA) is 92.5 Å². The number of carbonyl (C=O) groups is 1. The Morgan fingerprint density at radius 3 is 2.41 bits per heavy atom. The Hall–Kier alpha value is -0.660. The molecule has 1 amide bonds. The lowest BCUT2D eigenvalue weighted by atomic mass is 10.2. The second-order valence-corrected chi connectivity index (χ2v) is 6.86. The summed E-state index contributed by atoms with van der Waals surface area (Å²) in [6.45, 7) is 1.59. The molecule has 1 fully saturated rings. The van der Waals surface area contributed by atoms with Crippen molar-refractivity contribution < 1.29 is 13.2 Å². The summed E-state index contributed by atoms with van der Waals surface area (Å²) in [6.07, 6.45) is 2.13. The van der Waals surface area contributed by atoms with Crippen molar-refractivity contribution in [3.63, 3.8) is 0 Å². The molecule has 0 aromatic heterocycles. The summed E-state index contributed by atoms with van der Waals surface area (Å²) in [4.78, 5) is 12.8. The highest BCUT2D eigenvalue weighted by atomic mass is 32.2. The maximum Gasteiger partial charge on any atom is 0.241 e. The third-order valence-corrected chi connectivity index (χ3v) is 4.70. The van der Waals surface area contributed by atoms with Crippen LogP contribution in [-0.2, 0) is 14.8 Å². The highest BCUT2D eigenvalue weighted by Gasteiger charge is 2.32. The van der Waals surface area contributed by atoms with Crippen LogP contribution in [0, 0.1) is 5.92 Å². The fourth-order valence-electron chi connectivity index (χ4n) is 1.52. The van der Waals surface area contributed by atoms with Gasteiger partial charge < -0.3 is 10.6 Å². The number of nitrogens with zero attached hydrogens (tertiary/aromatic N) is 1. The summed E-state index contributed by atoms with van der Waals surface area (Å²) in [7, 11) is -0.562. The largest absolute Gasteiger partial charge is 0.348 e. The number of sulfonamides is 1. The summed E-state index contributed by atoms with van der Waals surface area (Å²) in [5.74, 6) is -0.00458. The number of carbonyl (C=O) groups excluding carboxylic acids is 1. The molecule has 0 aromatic rings. The second-order valence-electron chi connectivity index (χ2n) is 4.77. The van der Waals surface area contributed by atoms with Crippen LogP contribution in [0.25, 0.3) is 0 Å². The molecular formula is C10H21N3O3S. The smallest absolute Gasteiger partial charge is 0.241 e. The molecule has 2 unspecified atom stereocenters. The molecule has 6 nitrogen and oxygen atoms in total. The molecule has 0 heterocycles. The van der Waals surface area contributed by atoms with Gasteiger partial charge in [0.1, 0.15) is 0 Å². The van der Waals surface area contributed by atoms with E-state index in [1.165, 1.54) is 25.9 Å². The Labute approximate surface area is 103 Å². The van der Waals surface area contributed by atoms with Gasteiger partial charge >= 0.3 is 0 Å². The molecule has 1 saturated carbocycles. The van der Waals surface area contributed by atoms with Crippen molar-refractivity contribution in [2.45, 2.75) is 31.1 Å². The predicted octanol–water partition coefficient (Wildman–Crippen LogP) is -0.880. The minimum absolute atomic E-state index is 0.147. The minimum atomic E-state index is -3.63. The quantitative estimate of drug-likeness (QED) is 0.651. The van der Waals surface area contributed by atoms with E-state index < -0.39 is 21.2 Å². The van der Waals surface area contributed by atoms with E-state index in [-0.39, 0.29) is 12.6 Å². The summed E-state index contributed by atoms with van der Waals surface area (Å²) < 4.78 is 26.0. The van der Waals surface area contributed by atoms with Gasteiger partial charge in [0.05, 0.1) is 0 Å². The number of rotatable bonds is 6. The zero-order valence-electron chi connectivity index (χ0n) is 10.5. The van der Waals surface area contributed by atoms with Crippen molar-refractivity contribution in [3.05, 3.63) is 0 Å². The highest BCUT2D eigenvalue weighted by molar-refractivity contribution is 7.90. The SMILES string of the molecule is CC(C(=O)N(C)C)S(=O)(=O)NCC(N)C1CC1. The first-order chi connectivity index (χ1) is 7.75. The molecule has 0 radical (unpaired) electrons. The van der Waals surface area contributed by atoms with Gasteiger partial charge in [0, 0.05) is 26.7 Å². The zero-order chi connectivity index (χ0) is 13.2. The lowest BCUT2D eigenvalue weighted by molar-refractivity contribution is -0.127. The molecule has 0 saturated heterocycles. The predicted molar refractivity (Wildman–Crippen MR) is 65.8 cm³/mol. The highest BCUT2D eigenvalue weighted by Crippen LogP contribution is 2.31. The van der Waals surface area contributed by atoms with Crippen LogP contribution in [0.1, 0.15) is 19.8 Å². The van der Waals surface area contributed by atoms with Crippen LogP contribution in [0.4, 0.5) is 0 Å². The van der Waals surface area contributed by atoms with Crippen molar-refractivity contribution in [1.29, 1.82) is 0 Å². The van der Waals surface area contributed by atoms with Gasteiger partial charge in [-0.1, -0.05) is 0 Å². The number of nitrogens with one attached hydrogen (secondary N) is 1. The summed E-state index contributed by atoms with van der Waals surface area (Å²) >= 11 is 0. The van der Waals surface area contributed by atoms with Gasteiger partial charge in [-0.25, -0.2) is 13.1 Å². The Kier molecular flexibility index (Phi) is 4.51. The van der Waals surface area contributed by atoms with E-state index >= 15 is 0 Å². The fourth-order valence-corrected chi connectivity index (χ4v) is 2.68. The summed E-state index contributed by atoms with van der Waals surface area (Å²) in [5.41, 5.74) is 5.80.